The molecule has 6 nitrogen and oxygen atoms in total. The zero-order valence-corrected chi connectivity index (χ0v) is 21.1. The number of amidine groups is 1. The molecule has 0 aromatic heterocycles. The van der Waals surface area contributed by atoms with E-state index in [1.54, 1.807) is 18.2 Å². The molecule has 0 radical (unpaired) electrons. The normalized spacial score (nSPS) is 14.6. The average Bonchev–Trinajstić information content (AvgIpc) is 3.09. The van der Waals surface area contributed by atoms with Gasteiger partial charge in [0.05, 0.1) is 27.2 Å². The lowest BCUT2D eigenvalue weighted by molar-refractivity contribution is -0.117. The molecule has 1 fully saturated rings. The molecule has 0 bridgehead atoms. The second-order valence-electron chi connectivity index (χ2n) is 7.67. The minimum absolute atomic E-state index is 0.0000398. The minimum Gasteiger partial charge on any atom is -0.326 e. The van der Waals surface area contributed by atoms with Gasteiger partial charge in [-0.3, -0.25) is 15.0 Å². The Kier molecular flexibility index (Phi) is 9.27. The van der Waals surface area contributed by atoms with E-state index in [1.165, 1.54) is 30.0 Å². The van der Waals surface area contributed by atoms with Gasteiger partial charge in [-0.05, 0) is 36.8 Å². The van der Waals surface area contributed by atoms with Crippen LogP contribution in [0.15, 0.2) is 35.3 Å². The number of carbonyl (C=O) groups excluding carboxylic acids is 2. The van der Waals surface area contributed by atoms with E-state index in [9.17, 15) is 9.59 Å². The van der Waals surface area contributed by atoms with E-state index < -0.39 is 0 Å². The second-order valence-corrected chi connectivity index (χ2v) is 9.33. The fraction of sp³-hybridized carbons (Fsp3) is 0.348. The number of amides is 2. The Bertz CT molecular complexity index is 1050. The summed E-state index contributed by atoms with van der Waals surface area (Å²) >= 11 is 24.7. The van der Waals surface area contributed by atoms with Crippen LogP contribution < -0.4 is 15.8 Å². The largest absolute Gasteiger partial charge is 0.326 e. The molecule has 0 spiro atoms. The van der Waals surface area contributed by atoms with Gasteiger partial charge in [0.2, 0.25) is 5.91 Å². The number of hydrogen-bond acceptors (Lipinski definition) is 3. The van der Waals surface area contributed by atoms with Gasteiger partial charge in [-0.2, -0.15) is 0 Å². The van der Waals surface area contributed by atoms with E-state index in [2.05, 4.69) is 22.7 Å². The molecule has 176 valence electrons. The maximum absolute atomic E-state index is 12.6. The van der Waals surface area contributed by atoms with Crippen LogP contribution in [0.3, 0.4) is 0 Å². The number of benzene rings is 2. The molecule has 2 amide bonds. The van der Waals surface area contributed by atoms with Gasteiger partial charge in [-0.15, -0.1) is 0 Å². The number of anilines is 2. The number of aliphatic imine (C=N–C) groups is 1. The van der Waals surface area contributed by atoms with E-state index in [0.717, 1.165) is 19.3 Å². The molecule has 33 heavy (non-hydrogen) atoms. The molecule has 0 saturated carbocycles. The summed E-state index contributed by atoms with van der Waals surface area (Å²) in [6.45, 7) is 2.16. The van der Waals surface area contributed by atoms with Crippen molar-refractivity contribution in [2.45, 2.75) is 51.9 Å². The molecule has 0 aliphatic carbocycles. The molecule has 2 aromatic rings. The van der Waals surface area contributed by atoms with Crippen LogP contribution in [0, 0.1) is 0 Å². The van der Waals surface area contributed by atoms with Crippen LogP contribution in [-0.4, -0.2) is 17.6 Å². The smallest absolute Gasteiger partial charge is 0.253 e. The topological polar surface area (TPSA) is 73.8 Å². The van der Waals surface area contributed by atoms with E-state index in [4.69, 9.17) is 46.4 Å². The number of halogens is 4. The number of unbranched alkanes of at least 4 members (excludes halogenated alkanes) is 4. The summed E-state index contributed by atoms with van der Waals surface area (Å²) in [6, 6.07) is 8.04. The summed E-state index contributed by atoms with van der Waals surface area (Å²) in [7, 11) is 0. The van der Waals surface area contributed by atoms with Crippen LogP contribution in [0.1, 0.15) is 51.9 Å². The molecule has 0 unspecified atom stereocenters. The third kappa shape index (κ3) is 7.00. The SMILES string of the molecule is CCCCCCCC(=O)Nc1ccc(Cl)c(N=C2CC(=O)N(c3c(Cl)cc(Cl)cc3Cl)N2)c1. The highest BCUT2D eigenvalue weighted by atomic mass is 35.5. The van der Waals surface area contributed by atoms with E-state index in [1.807, 2.05) is 0 Å². The van der Waals surface area contributed by atoms with Gasteiger partial charge in [0, 0.05) is 17.1 Å². The van der Waals surface area contributed by atoms with Gasteiger partial charge < -0.3 is 5.32 Å². The summed E-state index contributed by atoms with van der Waals surface area (Å²) in [4.78, 5) is 29.3. The van der Waals surface area contributed by atoms with E-state index in [-0.39, 0.29) is 28.3 Å². The third-order valence-corrected chi connectivity index (χ3v) is 6.12. The number of carbonyl (C=O) groups is 2. The summed E-state index contributed by atoms with van der Waals surface area (Å²) in [5.41, 5.74) is 4.21. The maximum atomic E-state index is 12.6. The van der Waals surface area contributed by atoms with Crippen LogP contribution in [0.25, 0.3) is 0 Å². The molecule has 1 saturated heterocycles. The maximum Gasteiger partial charge on any atom is 0.253 e. The molecule has 1 aliphatic heterocycles. The van der Waals surface area contributed by atoms with Crippen molar-refractivity contribution in [2.24, 2.45) is 4.99 Å². The first kappa shape index (κ1) is 25.6. The minimum atomic E-state index is -0.288. The lowest BCUT2D eigenvalue weighted by Gasteiger charge is -2.19. The van der Waals surface area contributed by atoms with Crippen LogP contribution in [0.5, 0.6) is 0 Å². The molecule has 3 rings (SSSR count). The van der Waals surface area contributed by atoms with E-state index >= 15 is 0 Å². The van der Waals surface area contributed by atoms with Crippen LogP contribution in [0.2, 0.25) is 20.1 Å². The fourth-order valence-corrected chi connectivity index (χ4v) is 4.53. The number of nitrogens with one attached hydrogen (secondary N) is 2. The lowest BCUT2D eigenvalue weighted by atomic mass is 10.1. The number of nitrogens with zero attached hydrogens (tertiary/aromatic N) is 2. The first-order valence-corrected chi connectivity index (χ1v) is 12.2. The van der Waals surface area contributed by atoms with Crippen molar-refractivity contribution >= 4 is 81.1 Å². The van der Waals surface area contributed by atoms with Gasteiger partial charge in [-0.1, -0.05) is 79.0 Å². The highest BCUT2D eigenvalue weighted by molar-refractivity contribution is 6.42. The van der Waals surface area contributed by atoms with E-state index in [0.29, 0.717) is 39.4 Å². The average molecular weight is 530 g/mol. The molecular formula is C23H24Cl4N4O2. The summed E-state index contributed by atoms with van der Waals surface area (Å²) < 4.78 is 0. The first-order valence-electron chi connectivity index (χ1n) is 10.7. The Morgan fingerprint density at radius 2 is 1.73 bits per heavy atom. The summed E-state index contributed by atoms with van der Waals surface area (Å²) in [5, 5.41) is 5.31. The zero-order chi connectivity index (χ0) is 24.0. The van der Waals surface area contributed by atoms with Crippen molar-refractivity contribution in [3.8, 4) is 0 Å². The van der Waals surface area contributed by atoms with Gasteiger partial charge in [0.15, 0.2) is 0 Å². The van der Waals surface area contributed by atoms with Crippen LogP contribution >= 0.6 is 46.4 Å². The monoisotopic (exact) mass is 528 g/mol. The predicted octanol–water partition coefficient (Wildman–Crippen LogP) is 7.57. The van der Waals surface area contributed by atoms with Gasteiger partial charge in [0.1, 0.15) is 11.5 Å². The second kappa shape index (κ2) is 11.9. The Morgan fingerprint density at radius 1 is 1.03 bits per heavy atom. The number of rotatable bonds is 9. The molecule has 0 atom stereocenters. The Morgan fingerprint density at radius 3 is 2.42 bits per heavy atom. The number of hydrazine groups is 1. The highest BCUT2D eigenvalue weighted by Crippen LogP contribution is 2.37. The Balaban J connectivity index is 1.70. The van der Waals surface area contributed by atoms with Crippen molar-refractivity contribution in [1.29, 1.82) is 0 Å². The van der Waals surface area contributed by atoms with Crippen LogP contribution in [-0.2, 0) is 9.59 Å². The third-order valence-electron chi connectivity index (χ3n) is 5.01. The molecule has 1 heterocycles. The number of hydrogen-bond donors (Lipinski definition) is 2. The van der Waals surface area contributed by atoms with Gasteiger partial charge >= 0.3 is 0 Å². The quantitative estimate of drug-likeness (QED) is 0.329. The molecule has 2 aromatic carbocycles. The van der Waals surface area contributed by atoms with Crippen molar-refractivity contribution in [3.05, 3.63) is 50.4 Å². The fourth-order valence-electron chi connectivity index (χ4n) is 3.38. The lowest BCUT2D eigenvalue weighted by Crippen LogP contribution is -2.36. The van der Waals surface area contributed by atoms with Gasteiger partial charge in [0.25, 0.3) is 5.91 Å². The molecule has 1 aliphatic rings. The highest BCUT2D eigenvalue weighted by Gasteiger charge is 2.30. The molecule has 10 heteroatoms. The molecule has 2 N–H and O–H groups in total. The summed E-state index contributed by atoms with van der Waals surface area (Å²) in [6.07, 6.45) is 5.85. The zero-order valence-electron chi connectivity index (χ0n) is 18.1. The van der Waals surface area contributed by atoms with Crippen molar-refractivity contribution in [1.82, 2.24) is 5.43 Å². The summed E-state index contributed by atoms with van der Waals surface area (Å²) in [5.74, 6) is 0.0201. The van der Waals surface area contributed by atoms with Crippen molar-refractivity contribution in [3.63, 3.8) is 0 Å². The van der Waals surface area contributed by atoms with Crippen molar-refractivity contribution < 1.29 is 9.59 Å². The molecular weight excluding hydrogens is 506 g/mol. The Labute approximate surface area is 213 Å². The van der Waals surface area contributed by atoms with Crippen LogP contribution in [0.4, 0.5) is 17.1 Å². The van der Waals surface area contributed by atoms with Gasteiger partial charge in [-0.25, -0.2) is 10.0 Å². The predicted molar refractivity (Wildman–Crippen MR) is 137 cm³/mol. The Hall–Kier alpha value is -1.99. The first-order chi connectivity index (χ1) is 15.8. The van der Waals surface area contributed by atoms with Crippen molar-refractivity contribution in [2.75, 3.05) is 10.3 Å². The standard InChI is InChI=1S/C23H24Cl4N4O2/c1-2-3-4-5-6-7-21(32)28-15-8-9-16(25)19(12-15)29-20-13-22(33)31(30-20)23-17(26)10-14(24)11-18(23)27/h8-12H,2-7,13H2,1H3,(H,28,32)(H,29,30).